The number of carboxylic acid groups (broad SMARTS) is 1. The summed E-state index contributed by atoms with van der Waals surface area (Å²) in [5, 5.41) is 16.9. The Hall–Kier alpha value is -2.18. The van der Waals surface area contributed by atoms with Crippen LogP contribution in [0.2, 0.25) is 0 Å². The van der Waals surface area contributed by atoms with Crippen LogP contribution in [0.5, 0.6) is 0 Å². The second-order valence-electron chi connectivity index (χ2n) is 5.50. The first-order valence-electron chi connectivity index (χ1n) is 5.93. The van der Waals surface area contributed by atoms with Crippen molar-refractivity contribution in [1.29, 1.82) is 0 Å². The largest absolute Gasteiger partial charge is 0.476 e. The lowest BCUT2D eigenvalue weighted by Crippen LogP contribution is -2.22. The molecule has 0 radical (unpaired) electrons. The monoisotopic (exact) mass is 263 g/mol. The van der Waals surface area contributed by atoms with Gasteiger partial charge in [-0.3, -0.25) is 0 Å². The third kappa shape index (κ3) is 2.49. The molecule has 19 heavy (non-hydrogen) atoms. The van der Waals surface area contributed by atoms with Crippen molar-refractivity contribution in [3.63, 3.8) is 0 Å². The Morgan fingerprint density at radius 3 is 2.58 bits per heavy atom. The maximum absolute atomic E-state index is 11.2. The van der Waals surface area contributed by atoms with Crippen LogP contribution in [0.1, 0.15) is 42.6 Å². The Labute approximate surface area is 110 Å². The normalized spacial score (nSPS) is 11.8. The number of carbonyl (C=O) groups is 1. The number of aryl methyl sites for hydroxylation is 1. The van der Waals surface area contributed by atoms with Crippen LogP contribution in [0, 0.1) is 0 Å². The lowest BCUT2D eigenvalue weighted by molar-refractivity contribution is 0.0687. The SMILES string of the molecule is Cn1cncc1Cn1nnc(C(=O)O)c1C(C)(C)C. The fraction of sp³-hybridized carbons (Fsp3) is 0.500. The van der Waals surface area contributed by atoms with Gasteiger partial charge in [0.2, 0.25) is 0 Å². The highest BCUT2D eigenvalue weighted by atomic mass is 16.4. The molecule has 0 saturated heterocycles. The van der Waals surface area contributed by atoms with E-state index < -0.39 is 5.97 Å². The van der Waals surface area contributed by atoms with Crippen molar-refractivity contribution in [2.45, 2.75) is 32.7 Å². The molecule has 0 aliphatic rings. The van der Waals surface area contributed by atoms with Gasteiger partial charge in [-0.15, -0.1) is 5.10 Å². The van der Waals surface area contributed by atoms with Crippen LogP contribution in [0.3, 0.4) is 0 Å². The van der Waals surface area contributed by atoms with Gasteiger partial charge in [0, 0.05) is 12.5 Å². The zero-order chi connectivity index (χ0) is 14.2. The van der Waals surface area contributed by atoms with E-state index >= 15 is 0 Å². The number of carboxylic acids is 1. The number of imidazole rings is 1. The molecule has 0 atom stereocenters. The van der Waals surface area contributed by atoms with Gasteiger partial charge in [-0.1, -0.05) is 26.0 Å². The molecule has 0 bridgehead atoms. The van der Waals surface area contributed by atoms with Gasteiger partial charge in [-0.2, -0.15) is 0 Å². The van der Waals surface area contributed by atoms with Crippen molar-refractivity contribution >= 4 is 5.97 Å². The van der Waals surface area contributed by atoms with Crippen molar-refractivity contribution in [2.24, 2.45) is 7.05 Å². The van der Waals surface area contributed by atoms with Crippen LogP contribution in [-0.4, -0.2) is 35.6 Å². The van der Waals surface area contributed by atoms with Crippen LogP contribution in [0.15, 0.2) is 12.5 Å². The number of nitrogens with zero attached hydrogens (tertiary/aromatic N) is 5. The minimum atomic E-state index is -1.05. The first-order valence-corrected chi connectivity index (χ1v) is 5.93. The molecule has 2 rings (SSSR count). The average Bonchev–Trinajstić information content (AvgIpc) is 2.85. The van der Waals surface area contributed by atoms with E-state index in [9.17, 15) is 9.90 Å². The van der Waals surface area contributed by atoms with Gasteiger partial charge in [0.05, 0.1) is 30.5 Å². The fourth-order valence-corrected chi connectivity index (χ4v) is 2.00. The van der Waals surface area contributed by atoms with E-state index in [1.54, 1.807) is 17.2 Å². The first kappa shape index (κ1) is 13.3. The lowest BCUT2D eigenvalue weighted by Gasteiger charge is -2.20. The number of hydrogen-bond donors (Lipinski definition) is 1. The molecule has 2 heterocycles. The van der Waals surface area contributed by atoms with Crippen LogP contribution < -0.4 is 0 Å². The summed E-state index contributed by atoms with van der Waals surface area (Å²) in [6.07, 6.45) is 3.43. The summed E-state index contributed by atoms with van der Waals surface area (Å²) in [5.41, 5.74) is 1.21. The summed E-state index contributed by atoms with van der Waals surface area (Å²) in [7, 11) is 1.88. The summed E-state index contributed by atoms with van der Waals surface area (Å²) in [6.45, 7) is 6.27. The van der Waals surface area contributed by atoms with Gasteiger partial charge in [0.25, 0.3) is 0 Å². The first-order chi connectivity index (χ1) is 8.80. The van der Waals surface area contributed by atoms with Crippen molar-refractivity contribution < 1.29 is 9.90 Å². The minimum Gasteiger partial charge on any atom is -0.476 e. The van der Waals surface area contributed by atoms with E-state index in [4.69, 9.17) is 0 Å². The number of aromatic carboxylic acids is 1. The highest BCUT2D eigenvalue weighted by Gasteiger charge is 2.29. The Morgan fingerprint density at radius 1 is 1.42 bits per heavy atom. The van der Waals surface area contributed by atoms with Gasteiger partial charge in [0.1, 0.15) is 0 Å². The van der Waals surface area contributed by atoms with Gasteiger partial charge in [-0.25, -0.2) is 14.5 Å². The van der Waals surface area contributed by atoms with Gasteiger partial charge < -0.3 is 9.67 Å². The molecule has 2 aromatic rings. The predicted octanol–water partition coefficient (Wildman–Crippen LogP) is 1.06. The summed E-state index contributed by atoms with van der Waals surface area (Å²) in [4.78, 5) is 15.3. The van der Waals surface area contributed by atoms with E-state index in [0.717, 1.165) is 5.69 Å². The van der Waals surface area contributed by atoms with E-state index in [1.807, 2.05) is 32.4 Å². The second kappa shape index (κ2) is 4.49. The quantitative estimate of drug-likeness (QED) is 0.894. The van der Waals surface area contributed by atoms with Crippen molar-refractivity contribution in [3.05, 3.63) is 29.6 Å². The molecule has 2 aromatic heterocycles. The zero-order valence-electron chi connectivity index (χ0n) is 11.5. The molecule has 0 amide bonds. The molecule has 0 spiro atoms. The molecule has 7 nitrogen and oxygen atoms in total. The average molecular weight is 263 g/mol. The van der Waals surface area contributed by atoms with E-state index in [2.05, 4.69) is 15.3 Å². The smallest absolute Gasteiger partial charge is 0.358 e. The minimum absolute atomic E-state index is 0.00895. The summed E-state index contributed by atoms with van der Waals surface area (Å²) in [6, 6.07) is 0. The maximum atomic E-state index is 11.2. The number of aromatic nitrogens is 5. The van der Waals surface area contributed by atoms with Gasteiger partial charge in [-0.05, 0) is 0 Å². The molecular weight excluding hydrogens is 246 g/mol. The van der Waals surface area contributed by atoms with Gasteiger partial charge in [0.15, 0.2) is 5.69 Å². The molecule has 1 N–H and O–H groups in total. The number of rotatable bonds is 3. The molecule has 0 aliphatic heterocycles. The highest BCUT2D eigenvalue weighted by Crippen LogP contribution is 2.25. The van der Waals surface area contributed by atoms with E-state index in [1.165, 1.54) is 0 Å². The second-order valence-corrected chi connectivity index (χ2v) is 5.50. The third-order valence-corrected chi connectivity index (χ3v) is 2.88. The van der Waals surface area contributed by atoms with Crippen LogP contribution in [0.25, 0.3) is 0 Å². The third-order valence-electron chi connectivity index (χ3n) is 2.88. The maximum Gasteiger partial charge on any atom is 0.358 e. The van der Waals surface area contributed by atoms with Gasteiger partial charge >= 0.3 is 5.97 Å². The standard InChI is InChI=1S/C12H17N5O2/c1-12(2,3)10-9(11(18)19)14-15-17(10)6-8-5-13-7-16(8)4/h5,7H,6H2,1-4H3,(H,18,19). The summed E-state index contributed by atoms with van der Waals surface area (Å²) < 4.78 is 3.50. The topological polar surface area (TPSA) is 85.8 Å². The molecule has 0 aromatic carbocycles. The number of hydrogen-bond acceptors (Lipinski definition) is 4. The van der Waals surface area contributed by atoms with Crippen LogP contribution in [0.4, 0.5) is 0 Å². The highest BCUT2D eigenvalue weighted by molar-refractivity contribution is 5.86. The summed E-state index contributed by atoms with van der Waals surface area (Å²) in [5.74, 6) is -1.05. The molecule has 0 unspecified atom stereocenters. The fourth-order valence-electron chi connectivity index (χ4n) is 2.00. The van der Waals surface area contributed by atoms with Crippen LogP contribution >= 0.6 is 0 Å². The van der Waals surface area contributed by atoms with Crippen molar-refractivity contribution in [1.82, 2.24) is 24.5 Å². The van der Waals surface area contributed by atoms with Crippen molar-refractivity contribution in [3.8, 4) is 0 Å². The molecular formula is C12H17N5O2. The predicted molar refractivity (Wildman–Crippen MR) is 68.0 cm³/mol. The zero-order valence-corrected chi connectivity index (χ0v) is 11.5. The van der Waals surface area contributed by atoms with E-state index in [0.29, 0.717) is 12.2 Å². The molecule has 0 fully saturated rings. The molecule has 102 valence electrons. The summed E-state index contributed by atoms with van der Waals surface area (Å²) >= 11 is 0. The molecule has 0 aliphatic carbocycles. The Kier molecular flexibility index (Phi) is 3.13. The Bertz CT molecular complexity index is 606. The van der Waals surface area contributed by atoms with E-state index in [-0.39, 0.29) is 11.1 Å². The van der Waals surface area contributed by atoms with Crippen LogP contribution in [-0.2, 0) is 19.0 Å². The Morgan fingerprint density at radius 2 is 2.11 bits per heavy atom. The molecule has 0 saturated carbocycles. The van der Waals surface area contributed by atoms with Crippen molar-refractivity contribution in [2.75, 3.05) is 0 Å². The lowest BCUT2D eigenvalue weighted by atomic mass is 9.90. The molecule has 7 heteroatoms. The Balaban J connectivity index is 2.47.